The Labute approximate surface area is 280 Å². The molecular weight excluding hydrogens is 587 g/mol. The molecule has 0 saturated heterocycles. The van der Waals surface area contributed by atoms with Gasteiger partial charge in [-0.3, -0.25) is 0 Å². The topological polar surface area (TPSA) is 60.6 Å². The lowest BCUT2D eigenvalue weighted by atomic mass is 10.0. The van der Waals surface area contributed by atoms with Crippen LogP contribution in [0, 0.1) is 0 Å². The number of aliphatic imine (C=N–C) groups is 2. The number of nitrogens with zero attached hydrogens (tertiary/aromatic N) is 4. The highest BCUT2D eigenvalue weighted by molar-refractivity contribution is 6.23. The predicted molar refractivity (Wildman–Crippen MR) is 203 cm³/mol. The number of hydrogen-bond acceptors (Lipinski definition) is 1. The van der Waals surface area contributed by atoms with Crippen molar-refractivity contribution >= 4 is 55.3 Å². The number of rotatable bonds is 7. The van der Waals surface area contributed by atoms with Crippen molar-refractivity contribution in [1.29, 1.82) is 0 Å². The second kappa shape index (κ2) is 12.3. The summed E-state index contributed by atoms with van der Waals surface area (Å²) in [5.41, 5.74) is 16.8. The van der Waals surface area contributed by atoms with Crippen LogP contribution in [-0.4, -0.2) is 20.8 Å². The van der Waals surface area contributed by atoms with E-state index in [2.05, 4.69) is 102 Å². The Kier molecular flexibility index (Phi) is 7.58. The van der Waals surface area contributed by atoms with E-state index in [-0.39, 0.29) is 0 Å². The van der Waals surface area contributed by atoms with Gasteiger partial charge in [0.2, 0.25) is 0 Å². The molecule has 2 aromatic heterocycles. The first-order valence-electron chi connectivity index (χ1n) is 16.7. The van der Waals surface area contributed by atoms with Crippen LogP contribution in [0.2, 0.25) is 0 Å². The molecule has 5 nitrogen and oxygen atoms in total. The number of aromatic nitrogens is 2. The molecule has 0 bridgehead atoms. The maximum Gasteiger partial charge on any atom is 0.158 e. The lowest BCUT2D eigenvalue weighted by molar-refractivity contribution is 0.792. The quantitative estimate of drug-likeness (QED) is 0.139. The first kappa shape index (κ1) is 29.5. The fourth-order valence-corrected chi connectivity index (χ4v) is 6.92. The van der Waals surface area contributed by atoms with Crippen molar-refractivity contribution in [3.63, 3.8) is 0 Å². The van der Waals surface area contributed by atoms with Crippen LogP contribution in [0.3, 0.4) is 0 Å². The molecule has 2 heterocycles. The van der Waals surface area contributed by atoms with Crippen LogP contribution in [0.4, 0.5) is 0 Å². The molecule has 0 spiro atoms. The summed E-state index contributed by atoms with van der Waals surface area (Å²) >= 11 is 0. The van der Waals surface area contributed by atoms with Crippen LogP contribution in [0.5, 0.6) is 0 Å². The highest BCUT2D eigenvalue weighted by Gasteiger charge is 2.21. The zero-order chi connectivity index (χ0) is 32.6. The second-order valence-electron chi connectivity index (χ2n) is 12.2. The molecular formula is C43H37N5. The van der Waals surface area contributed by atoms with Crippen molar-refractivity contribution in [1.82, 2.24) is 9.13 Å². The zero-order valence-corrected chi connectivity index (χ0v) is 27.3. The van der Waals surface area contributed by atoms with Gasteiger partial charge in [-0.1, -0.05) is 117 Å². The standard InChI is InChI=1S/C43H37N5/c1-3-29-20-24-38-36(26-29)34-22-23-35-37-27-30(4-2)21-25-39(37)48(33-18-12-7-13-19-33)41(35)40(34)47(38)28-45-43(32-16-10-6-11-17-32)46-42(44)31-14-8-5-9-15-31/h5-27H,3-4,28H2,1-2H3,(H2,44,45,46). The van der Waals surface area contributed by atoms with Crippen LogP contribution in [0.1, 0.15) is 36.1 Å². The van der Waals surface area contributed by atoms with Gasteiger partial charge in [0.15, 0.2) is 5.84 Å². The number of nitrogens with two attached hydrogens (primary N) is 1. The van der Waals surface area contributed by atoms with E-state index < -0.39 is 0 Å². The molecule has 0 radical (unpaired) electrons. The molecule has 8 aromatic rings. The first-order chi connectivity index (χ1) is 23.6. The van der Waals surface area contributed by atoms with E-state index >= 15 is 0 Å². The molecule has 234 valence electrons. The van der Waals surface area contributed by atoms with Gasteiger partial charge in [-0.15, -0.1) is 0 Å². The molecule has 0 aliphatic rings. The molecule has 0 saturated carbocycles. The fourth-order valence-electron chi connectivity index (χ4n) is 6.92. The van der Waals surface area contributed by atoms with Gasteiger partial charge in [0.05, 0.1) is 22.1 Å². The summed E-state index contributed by atoms with van der Waals surface area (Å²) < 4.78 is 4.79. The minimum atomic E-state index is 0.372. The normalized spacial score (nSPS) is 12.5. The molecule has 0 amide bonds. The summed E-state index contributed by atoms with van der Waals surface area (Å²) in [6.07, 6.45) is 1.96. The SMILES string of the molecule is CCc1ccc2c(c1)c1ccc3c4cc(CC)ccc4n(-c4ccccc4)c3c1n2C/N=C(\N=C(N)c1ccccc1)c1ccccc1. The van der Waals surface area contributed by atoms with Gasteiger partial charge in [-0.25, -0.2) is 9.98 Å². The van der Waals surface area contributed by atoms with Crippen molar-refractivity contribution in [2.24, 2.45) is 15.7 Å². The Balaban J connectivity index is 1.44. The predicted octanol–water partition coefficient (Wildman–Crippen LogP) is 9.83. The largest absolute Gasteiger partial charge is 0.383 e. The van der Waals surface area contributed by atoms with Crippen molar-refractivity contribution < 1.29 is 0 Å². The third kappa shape index (κ3) is 5.05. The third-order valence-corrected chi connectivity index (χ3v) is 9.40. The van der Waals surface area contributed by atoms with Gasteiger partial charge in [-0.2, -0.15) is 0 Å². The molecule has 0 aliphatic heterocycles. The number of hydrogen-bond donors (Lipinski definition) is 1. The zero-order valence-electron chi connectivity index (χ0n) is 27.3. The van der Waals surface area contributed by atoms with Crippen LogP contribution >= 0.6 is 0 Å². The molecule has 6 aromatic carbocycles. The van der Waals surface area contributed by atoms with Crippen LogP contribution in [-0.2, 0) is 19.5 Å². The summed E-state index contributed by atoms with van der Waals surface area (Å²) in [4.78, 5) is 10.1. The van der Waals surface area contributed by atoms with Crippen LogP contribution in [0.25, 0.3) is 49.3 Å². The molecule has 48 heavy (non-hydrogen) atoms. The van der Waals surface area contributed by atoms with Gasteiger partial charge in [0, 0.05) is 38.4 Å². The van der Waals surface area contributed by atoms with E-state index in [1.807, 2.05) is 60.7 Å². The second-order valence-corrected chi connectivity index (χ2v) is 12.2. The summed E-state index contributed by atoms with van der Waals surface area (Å²) in [7, 11) is 0. The molecule has 0 atom stereocenters. The number of fused-ring (bicyclic) bond motifs is 7. The molecule has 2 N–H and O–H groups in total. The van der Waals surface area contributed by atoms with Gasteiger partial charge < -0.3 is 14.9 Å². The number of aryl methyl sites for hydroxylation is 2. The highest BCUT2D eigenvalue weighted by atomic mass is 15.1. The van der Waals surface area contributed by atoms with Crippen molar-refractivity contribution in [3.05, 3.63) is 162 Å². The van der Waals surface area contributed by atoms with Crippen molar-refractivity contribution in [2.75, 3.05) is 0 Å². The summed E-state index contributed by atoms with van der Waals surface area (Å²) in [6.45, 7) is 4.80. The monoisotopic (exact) mass is 623 g/mol. The minimum absolute atomic E-state index is 0.372. The van der Waals surface area contributed by atoms with E-state index in [0.717, 1.165) is 40.7 Å². The third-order valence-electron chi connectivity index (χ3n) is 9.40. The first-order valence-corrected chi connectivity index (χ1v) is 16.7. The highest BCUT2D eigenvalue weighted by Crippen LogP contribution is 2.41. The van der Waals surface area contributed by atoms with E-state index in [9.17, 15) is 0 Å². The van der Waals surface area contributed by atoms with Crippen molar-refractivity contribution in [2.45, 2.75) is 33.4 Å². The molecule has 0 unspecified atom stereocenters. The van der Waals surface area contributed by atoms with Crippen molar-refractivity contribution in [3.8, 4) is 5.69 Å². The van der Waals surface area contributed by atoms with Crippen LogP contribution in [0.15, 0.2) is 150 Å². The average Bonchev–Trinajstić information content (AvgIpc) is 3.65. The molecule has 8 rings (SSSR count). The van der Waals surface area contributed by atoms with Gasteiger partial charge in [-0.05, 0) is 60.4 Å². The minimum Gasteiger partial charge on any atom is -0.383 e. The number of para-hydroxylation sites is 1. The Hall–Kier alpha value is -5.94. The van der Waals surface area contributed by atoms with Crippen LogP contribution < -0.4 is 5.73 Å². The Morgan fingerprint density at radius 3 is 1.73 bits per heavy atom. The summed E-state index contributed by atoms with van der Waals surface area (Å²) in [5.74, 6) is 1.03. The lowest BCUT2D eigenvalue weighted by Gasteiger charge is -2.12. The number of amidine groups is 2. The lowest BCUT2D eigenvalue weighted by Crippen LogP contribution is -2.16. The van der Waals surface area contributed by atoms with Gasteiger partial charge in [0.25, 0.3) is 0 Å². The average molecular weight is 624 g/mol. The smallest absolute Gasteiger partial charge is 0.158 e. The molecule has 5 heteroatoms. The van der Waals surface area contributed by atoms with E-state index in [4.69, 9.17) is 15.7 Å². The Morgan fingerprint density at radius 2 is 1.10 bits per heavy atom. The molecule has 0 aliphatic carbocycles. The maximum absolute atomic E-state index is 6.58. The Bertz CT molecular complexity index is 2480. The number of benzene rings is 6. The fraction of sp³-hybridized carbons (Fsp3) is 0.116. The summed E-state index contributed by atoms with van der Waals surface area (Å²) in [6, 6.07) is 49.0. The van der Waals surface area contributed by atoms with E-state index in [1.54, 1.807) is 0 Å². The summed E-state index contributed by atoms with van der Waals surface area (Å²) in [5, 5.41) is 4.94. The van der Waals surface area contributed by atoms with E-state index in [1.165, 1.54) is 43.7 Å². The van der Waals surface area contributed by atoms with Gasteiger partial charge >= 0.3 is 0 Å². The van der Waals surface area contributed by atoms with E-state index in [0.29, 0.717) is 18.3 Å². The Morgan fingerprint density at radius 1 is 0.562 bits per heavy atom. The molecule has 0 fully saturated rings. The van der Waals surface area contributed by atoms with Gasteiger partial charge in [0.1, 0.15) is 12.5 Å². The maximum atomic E-state index is 6.58.